The Kier molecular flexibility index (Phi) is 4.48. The number of nitrogens with zero attached hydrogens (tertiary/aromatic N) is 2. The standard InChI is InChI=1S/C28H17ClN2O/c29-28-27(20-15-16-22-21-13-7-8-14-23(21)32-24(22)17-20)30-25(18-9-3-1-4-10-18)26(31-28)19-11-5-2-6-12-19/h1-17H. The molecule has 0 saturated carbocycles. The van der Waals surface area contributed by atoms with Gasteiger partial charge in [0.25, 0.3) is 0 Å². The molecule has 0 aliphatic heterocycles. The van der Waals surface area contributed by atoms with E-state index in [0.717, 1.165) is 50.0 Å². The maximum atomic E-state index is 6.70. The average molecular weight is 433 g/mol. The summed E-state index contributed by atoms with van der Waals surface area (Å²) in [4.78, 5) is 9.80. The van der Waals surface area contributed by atoms with E-state index in [1.165, 1.54) is 0 Å². The van der Waals surface area contributed by atoms with E-state index in [1.54, 1.807) is 0 Å². The Morgan fingerprint density at radius 3 is 1.81 bits per heavy atom. The van der Waals surface area contributed by atoms with E-state index in [9.17, 15) is 0 Å². The number of benzene rings is 4. The van der Waals surface area contributed by atoms with Crippen molar-refractivity contribution in [2.75, 3.05) is 0 Å². The summed E-state index contributed by atoms with van der Waals surface area (Å²) in [5.41, 5.74) is 6.67. The van der Waals surface area contributed by atoms with Crippen molar-refractivity contribution in [3.63, 3.8) is 0 Å². The molecular formula is C28H17ClN2O. The second kappa shape index (κ2) is 7.63. The maximum Gasteiger partial charge on any atom is 0.156 e. The van der Waals surface area contributed by atoms with Crippen molar-refractivity contribution in [2.45, 2.75) is 0 Å². The van der Waals surface area contributed by atoms with Crippen LogP contribution < -0.4 is 0 Å². The third-order valence-corrected chi connectivity index (χ3v) is 5.86. The molecule has 6 rings (SSSR count). The molecule has 6 aromatic rings. The van der Waals surface area contributed by atoms with Gasteiger partial charge in [-0.1, -0.05) is 96.5 Å². The molecule has 2 heterocycles. The lowest BCUT2D eigenvalue weighted by atomic mass is 10.0. The lowest BCUT2D eigenvalue weighted by molar-refractivity contribution is 0.669. The summed E-state index contributed by atoms with van der Waals surface area (Å²) in [5, 5.41) is 2.52. The van der Waals surface area contributed by atoms with E-state index in [4.69, 9.17) is 26.0 Å². The first-order valence-electron chi connectivity index (χ1n) is 10.4. The SMILES string of the molecule is Clc1nc(-c2ccccc2)c(-c2ccccc2)nc1-c1ccc2c(c1)oc1ccccc12. The first-order valence-corrected chi connectivity index (χ1v) is 10.8. The van der Waals surface area contributed by atoms with Crippen LogP contribution in [0.15, 0.2) is 108 Å². The van der Waals surface area contributed by atoms with Gasteiger partial charge >= 0.3 is 0 Å². The molecule has 0 aliphatic rings. The highest BCUT2D eigenvalue weighted by atomic mass is 35.5. The number of fused-ring (bicyclic) bond motifs is 3. The normalized spacial score (nSPS) is 11.3. The molecule has 0 fully saturated rings. The van der Waals surface area contributed by atoms with Crippen molar-refractivity contribution >= 4 is 33.5 Å². The van der Waals surface area contributed by atoms with E-state index >= 15 is 0 Å². The van der Waals surface area contributed by atoms with Crippen molar-refractivity contribution in [1.29, 1.82) is 0 Å². The van der Waals surface area contributed by atoms with Crippen LogP contribution in [-0.2, 0) is 0 Å². The first kappa shape index (κ1) is 18.8. The fourth-order valence-corrected chi connectivity index (χ4v) is 4.30. The summed E-state index contributed by atoms with van der Waals surface area (Å²) in [7, 11) is 0. The van der Waals surface area contributed by atoms with Crippen LogP contribution in [0.2, 0.25) is 5.15 Å². The van der Waals surface area contributed by atoms with Crippen molar-refractivity contribution in [3.8, 4) is 33.8 Å². The second-order valence-electron chi connectivity index (χ2n) is 7.60. The van der Waals surface area contributed by atoms with Crippen LogP contribution in [0.25, 0.3) is 55.7 Å². The predicted octanol–water partition coefficient (Wildman–Crippen LogP) is 8.03. The summed E-state index contributed by atoms with van der Waals surface area (Å²) in [6.07, 6.45) is 0. The molecule has 2 aromatic heterocycles. The molecule has 0 atom stereocenters. The van der Waals surface area contributed by atoms with Gasteiger partial charge in [0.05, 0.1) is 11.4 Å². The van der Waals surface area contributed by atoms with Gasteiger partial charge in [0.1, 0.15) is 16.9 Å². The number of halogens is 1. The first-order chi connectivity index (χ1) is 15.8. The smallest absolute Gasteiger partial charge is 0.156 e. The Balaban J connectivity index is 1.58. The number of rotatable bonds is 3. The molecule has 0 saturated heterocycles. The fourth-order valence-electron chi connectivity index (χ4n) is 4.07. The minimum absolute atomic E-state index is 0.360. The Morgan fingerprint density at radius 2 is 1.09 bits per heavy atom. The molecule has 152 valence electrons. The zero-order chi connectivity index (χ0) is 21.5. The number of furan rings is 1. The van der Waals surface area contributed by atoms with Crippen LogP contribution in [0.5, 0.6) is 0 Å². The molecular weight excluding hydrogens is 416 g/mol. The Hall–Kier alpha value is -3.95. The van der Waals surface area contributed by atoms with E-state index in [-0.39, 0.29) is 0 Å². The third-order valence-electron chi connectivity index (χ3n) is 5.60. The van der Waals surface area contributed by atoms with Gasteiger partial charge in [-0.05, 0) is 18.2 Å². The minimum atomic E-state index is 0.360. The molecule has 3 nitrogen and oxygen atoms in total. The fraction of sp³-hybridized carbons (Fsp3) is 0. The Labute approximate surface area is 190 Å². The van der Waals surface area contributed by atoms with Crippen LogP contribution in [0, 0.1) is 0 Å². The number of aromatic nitrogens is 2. The number of para-hydroxylation sites is 1. The van der Waals surface area contributed by atoms with E-state index < -0.39 is 0 Å². The lowest BCUT2D eigenvalue weighted by Gasteiger charge is -2.12. The van der Waals surface area contributed by atoms with Gasteiger partial charge in [-0.25, -0.2) is 9.97 Å². The highest BCUT2D eigenvalue weighted by Gasteiger charge is 2.18. The average Bonchev–Trinajstić information content (AvgIpc) is 3.23. The summed E-state index contributed by atoms with van der Waals surface area (Å²) in [6, 6.07) is 34.2. The monoisotopic (exact) mass is 432 g/mol. The molecule has 0 spiro atoms. The summed E-state index contributed by atoms with van der Waals surface area (Å²) in [6.45, 7) is 0. The topological polar surface area (TPSA) is 38.9 Å². The molecule has 0 bridgehead atoms. The van der Waals surface area contributed by atoms with Gasteiger partial charge in [-0.2, -0.15) is 0 Å². The molecule has 0 amide bonds. The van der Waals surface area contributed by atoms with E-state index in [2.05, 4.69) is 12.1 Å². The molecule has 0 radical (unpaired) electrons. The number of hydrogen-bond acceptors (Lipinski definition) is 3. The molecule has 0 aliphatic carbocycles. The van der Waals surface area contributed by atoms with Gasteiger partial charge < -0.3 is 4.42 Å². The van der Waals surface area contributed by atoms with Gasteiger partial charge in [-0.3, -0.25) is 0 Å². The number of hydrogen-bond donors (Lipinski definition) is 0. The van der Waals surface area contributed by atoms with Crippen molar-refractivity contribution in [1.82, 2.24) is 9.97 Å². The summed E-state index contributed by atoms with van der Waals surface area (Å²) < 4.78 is 6.07. The quantitative estimate of drug-likeness (QED) is 0.284. The van der Waals surface area contributed by atoms with Crippen LogP contribution >= 0.6 is 11.6 Å². The van der Waals surface area contributed by atoms with E-state index in [1.807, 2.05) is 91.0 Å². The third kappa shape index (κ3) is 3.15. The van der Waals surface area contributed by atoms with Crippen LogP contribution in [0.3, 0.4) is 0 Å². The zero-order valence-corrected chi connectivity index (χ0v) is 17.8. The molecule has 4 aromatic carbocycles. The summed E-state index contributed by atoms with van der Waals surface area (Å²) in [5.74, 6) is 0. The van der Waals surface area contributed by atoms with Crippen molar-refractivity contribution < 1.29 is 4.42 Å². The highest BCUT2D eigenvalue weighted by Crippen LogP contribution is 2.37. The van der Waals surface area contributed by atoms with E-state index in [0.29, 0.717) is 10.8 Å². The predicted molar refractivity (Wildman–Crippen MR) is 131 cm³/mol. The second-order valence-corrected chi connectivity index (χ2v) is 7.96. The lowest BCUT2D eigenvalue weighted by Crippen LogP contribution is -1.98. The van der Waals surface area contributed by atoms with Crippen LogP contribution in [-0.4, -0.2) is 9.97 Å². The maximum absolute atomic E-state index is 6.70. The van der Waals surface area contributed by atoms with Crippen LogP contribution in [0.1, 0.15) is 0 Å². The Bertz CT molecular complexity index is 1570. The summed E-state index contributed by atoms with van der Waals surface area (Å²) >= 11 is 6.70. The van der Waals surface area contributed by atoms with Crippen LogP contribution in [0.4, 0.5) is 0 Å². The Morgan fingerprint density at radius 1 is 0.500 bits per heavy atom. The molecule has 0 N–H and O–H groups in total. The minimum Gasteiger partial charge on any atom is -0.456 e. The van der Waals surface area contributed by atoms with Crippen molar-refractivity contribution in [3.05, 3.63) is 108 Å². The molecule has 4 heteroatoms. The zero-order valence-electron chi connectivity index (χ0n) is 17.0. The molecule has 32 heavy (non-hydrogen) atoms. The van der Waals surface area contributed by atoms with Crippen molar-refractivity contribution in [2.24, 2.45) is 0 Å². The molecule has 0 unspecified atom stereocenters. The van der Waals surface area contributed by atoms with Gasteiger partial charge in [0.2, 0.25) is 0 Å². The van der Waals surface area contributed by atoms with Gasteiger partial charge in [-0.15, -0.1) is 0 Å². The van der Waals surface area contributed by atoms with Gasteiger partial charge in [0.15, 0.2) is 5.15 Å². The highest BCUT2D eigenvalue weighted by molar-refractivity contribution is 6.32. The van der Waals surface area contributed by atoms with Gasteiger partial charge in [0, 0.05) is 27.5 Å². The largest absolute Gasteiger partial charge is 0.456 e.